The van der Waals surface area contributed by atoms with Gasteiger partial charge in [0, 0.05) is 21.2 Å². The molecule has 0 bridgehead atoms. The zero-order chi connectivity index (χ0) is 20.6. The fraction of sp³-hybridized carbons (Fsp3) is 0.0435. The van der Waals surface area contributed by atoms with E-state index in [4.69, 9.17) is 11.6 Å². The summed E-state index contributed by atoms with van der Waals surface area (Å²) in [5.74, 6) is -0.794. The van der Waals surface area contributed by atoms with E-state index in [1.807, 2.05) is 36.6 Å². The van der Waals surface area contributed by atoms with Crippen LogP contribution in [0.4, 0.5) is 5.69 Å². The van der Waals surface area contributed by atoms with Crippen molar-refractivity contribution >= 4 is 46.9 Å². The van der Waals surface area contributed by atoms with Crippen LogP contribution in [0.1, 0.15) is 15.9 Å². The number of anilines is 1. The van der Waals surface area contributed by atoms with E-state index in [-0.39, 0.29) is 11.6 Å². The summed E-state index contributed by atoms with van der Waals surface area (Å²) >= 11 is 7.67. The minimum Gasteiger partial charge on any atom is -0.321 e. The number of hydrogen-bond acceptors (Lipinski definition) is 3. The molecule has 146 valence electrons. The number of hydrogen-bond donors (Lipinski definition) is 2. The molecule has 0 atom stereocenters. The molecule has 0 aliphatic rings. The van der Waals surface area contributed by atoms with Crippen LogP contribution in [-0.4, -0.2) is 18.1 Å². The highest BCUT2D eigenvalue weighted by Crippen LogP contribution is 2.19. The van der Waals surface area contributed by atoms with Crippen LogP contribution in [0, 0.1) is 0 Å². The van der Waals surface area contributed by atoms with E-state index in [9.17, 15) is 9.59 Å². The molecule has 0 aromatic heterocycles. The smallest absolute Gasteiger partial charge is 0.272 e. The molecule has 4 nitrogen and oxygen atoms in total. The van der Waals surface area contributed by atoms with Gasteiger partial charge in [-0.05, 0) is 66.4 Å². The Morgan fingerprint density at radius 3 is 2.31 bits per heavy atom. The second kappa shape index (κ2) is 9.96. The highest BCUT2D eigenvalue weighted by molar-refractivity contribution is 7.98. The molecule has 3 rings (SSSR count). The van der Waals surface area contributed by atoms with E-state index >= 15 is 0 Å². The first-order chi connectivity index (χ1) is 14.0. The highest BCUT2D eigenvalue weighted by Gasteiger charge is 2.15. The maximum atomic E-state index is 12.9. The van der Waals surface area contributed by atoms with E-state index in [1.165, 1.54) is 0 Å². The lowest BCUT2D eigenvalue weighted by atomic mass is 10.1. The van der Waals surface area contributed by atoms with Crippen molar-refractivity contribution in [1.82, 2.24) is 5.32 Å². The second-order valence-corrected chi connectivity index (χ2v) is 7.43. The van der Waals surface area contributed by atoms with E-state index in [0.29, 0.717) is 21.8 Å². The van der Waals surface area contributed by atoms with Gasteiger partial charge in [0.15, 0.2) is 0 Å². The van der Waals surface area contributed by atoms with Crippen LogP contribution >= 0.6 is 23.4 Å². The van der Waals surface area contributed by atoms with Crippen LogP contribution in [0.15, 0.2) is 89.5 Å². The number of nitrogens with one attached hydrogen (secondary N) is 2. The molecule has 0 heterocycles. The van der Waals surface area contributed by atoms with Gasteiger partial charge < -0.3 is 10.6 Å². The van der Waals surface area contributed by atoms with Gasteiger partial charge in [0.05, 0.1) is 0 Å². The largest absolute Gasteiger partial charge is 0.321 e. The van der Waals surface area contributed by atoms with E-state index < -0.39 is 5.91 Å². The summed E-state index contributed by atoms with van der Waals surface area (Å²) in [5.41, 5.74) is 1.92. The molecule has 2 N–H and O–H groups in total. The third kappa shape index (κ3) is 5.98. The minimum atomic E-state index is -0.425. The molecule has 0 aliphatic carbocycles. The average Bonchev–Trinajstić information content (AvgIpc) is 2.74. The van der Waals surface area contributed by atoms with Gasteiger partial charge in [-0.15, -0.1) is 11.8 Å². The maximum Gasteiger partial charge on any atom is 0.272 e. The van der Waals surface area contributed by atoms with Gasteiger partial charge in [0.25, 0.3) is 11.8 Å². The fourth-order valence-electron chi connectivity index (χ4n) is 2.58. The standard InChI is InChI=1S/C23H19ClN2O2S/c1-29-20-12-10-19(11-13-20)25-23(28)21(15-16-6-5-9-18(24)14-16)26-22(27)17-7-3-2-4-8-17/h2-15H,1H3,(H,25,28)(H,26,27)/b21-15-. The summed E-state index contributed by atoms with van der Waals surface area (Å²) in [5, 5.41) is 6.07. The van der Waals surface area contributed by atoms with Gasteiger partial charge in [0.1, 0.15) is 5.70 Å². The van der Waals surface area contributed by atoms with Gasteiger partial charge in [-0.25, -0.2) is 0 Å². The Hall–Kier alpha value is -3.02. The first-order valence-corrected chi connectivity index (χ1v) is 10.4. The minimum absolute atomic E-state index is 0.120. The molecule has 0 aliphatic heterocycles. The summed E-state index contributed by atoms with van der Waals surface area (Å²) in [6.45, 7) is 0. The van der Waals surface area contributed by atoms with E-state index in [1.54, 1.807) is 66.4 Å². The summed E-state index contributed by atoms with van der Waals surface area (Å²) in [6, 6.07) is 23.3. The first kappa shape index (κ1) is 20.7. The second-order valence-electron chi connectivity index (χ2n) is 6.12. The molecular weight excluding hydrogens is 404 g/mol. The SMILES string of the molecule is CSc1ccc(NC(=O)/C(=C/c2cccc(Cl)c2)NC(=O)c2ccccc2)cc1. The number of carbonyl (C=O) groups is 2. The lowest BCUT2D eigenvalue weighted by Crippen LogP contribution is -2.30. The fourth-order valence-corrected chi connectivity index (χ4v) is 3.19. The molecule has 0 saturated heterocycles. The third-order valence-electron chi connectivity index (χ3n) is 4.04. The first-order valence-electron chi connectivity index (χ1n) is 8.84. The molecule has 6 heteroatoms. The predicted octanol–water partition coefficient (Wildman–Crippen LogP) is 5.47. The molecule has 0 fully saturated rings. The predicted molar refractivity (Wildman–Crippen MR) is 120 cm³/mol. The van der Waals surface area contributed by atoms with Gasteiger partial charge in [0.2, 0.25) is 0 Å². The lowest BCUT2D eigenvalue weighted by Gasteiger charge is -2.12. The van der Waals surface area contributed by atoms with Gasteiger partial charge >= 0.3 is 0 Å². The average molecular weight is 423 g/mol. The summed E-state index contributed by atoms with van der Waals surface area (Å²) in [4.78, 5) is 26.6. The van der Waals surface area contributed by atoms with Crippen LogP contribution in [0.25, 0.3) is 6.08 Å². The summed E-state index contributed by atoms with van der Waals surface area (Å²) in [7, 11) is 0. The van der Waals surface area contributed by atoms with Crippen LogP contribution in [0.2, 0.25) is 5.02 Å². The van der Waals surface area contributed by atoms with Gasteiger partial charge in [-0.1, -0.05) is 41.9 Å². The molecule has 3 aromatic carbocycles. The zero-order valence-corrected chi connectivity index (χ0v) is 17.3. The van der Waals surface area contributed by atoms with Crippen molar-refractivity contribution in [2.45, 2.75) is 4.90 Å². The molecule has 0 radical (unpaired) electrons. The molecular formula is C23H19ClN2O2S. The Morgan fingerprint density at radius 2 is 1.66 bits per heavy atom. The number of thioether (sulfide) groups is 1. The van der Waals surface area contributed by atoms with Crippen LogP contribution in [-0.2, 0) is 4.79 Å². The van der Waals surface area contributed by atoms with Crippen molar-refractivity contribution in [1.29, 1.82) is 0 Å². The Balaban J connectivity index is 1.86. The monoisotopic (exact) mass is 422 g/mol. The van der Waals surface area contributed by atoms with Crippen molar-refractivity contribution < 1.29 is 9.59 Å². The molecule has 0 unspecified atom stereocenters. The normalized spacial score (nSPS) is 11.0. The molecule has 2 amide bonds. The van der Waals surface area contributed by atoms with Crippen molar-refractivity contribution in [3.8, 4) is 0 Å². The Labute approximate surface area is 179 Å². The van der Waals surface area contributed by atoms with Gasteiger partial charge in [-0.2, -0.15) is 0 Å². The van der Waals surface area contributed by atoms with Crippen LogP contribution < -0.4 is 10.6 Å². The van der Waals surface area contributed by atoms with Crippen LogP contribution in [0.3, 0.4) is 0 Å². The summed E-state index contributed by atoms with van der Waals surface area (Å²) in [6.07, 6.45) is 3.58. The number of benzene rings is 3. The van der Waals surface area contributed by atoms with Crippen molar-refractivity contribution in [3.63, 3.8) is 0 Å². The number of amides is 2. The number of halogens is 1. The van der Waals surface area contributed by atoms with Crippen LogP contribution in [0.5, 0.6) is 0 Å². The number of rotatable bonds is 6. The molecule has 29 heavy (non-hydrogen) atoms. The number of carbonyl (C=O) groups excluding carboxylic acids is 2. The van der Waals surface area contributed by atoms with E-state index in [2.05, 4.69) is 10.6 Å². The Morgan fingerprint density at radius 1 is 0.931 bits per heavy atom. The lowest BCUT2D eigenvalue weighted by molar-refractivity contribution is -0.113. The Kier molecular flexibility index (Phi) is 7.11. The van der Waals surface area contributed by atoms with Crippen molar-refractivity contribution in [2.24, 2.45) is 0 Å². The summed E-state index contributed by atoms with van der Waals surface area (Å²) < 4.78 is 0. The molecule has 0 spiro atoms. The van der Waals surface area contributed by atoms with E-state index in [0.717, 1.165) is 4.90 Å². The van der Waals surface area contributed by atoms with Crippen molar-refractivity contribution in [2.75, 3.05) is 11.6 Å². The van der Waals surface area contributed by atoms with Gasteiger partial charge in [-0.3, -0.25) is 9.59 Å². The topological polar surface area (TPSA) is 58.2 Å². The maximum absolute atomic E-state index is 12.9. The highest BCUT2D eigenvalue weighted by atomic mass is 35.5. The molecule has 3 aromatic rings. The third-order valence-corrected chi connectivity index (χ3v) is 5.02. The Bertz CT molecular complexity index is 1030. The zero-order valence-electron chi connectivity index (χ0n) is 15.7. The quantitative estimate of drug-likeness (QED) is 0.409. The molecule has 0 saturated carbocycles. The van der Waals surface area contributed by atoms with Crippen molar-refractivity contribution in [3.05, 3.63) is 101 Å².